The Bertz CT molecular complexity index is 911. The standard InChI is InChI=1S/C22H30N2O3S2/c1-17(15-22(2,3)18-9-7-6-8-10-18)23-21(25)16-24(4)29(26,27)20-13-11-19(28-5)12-14-20/h6-14,17H,15-16H2,1-5H3,(H,23,25)/t17-/m1/s1. The van der Waals surface area contributed by atoms with Crippen molar-refractivity contribution < 1.29 is 13.2 Å². The molecule has 0 saturated heterocycles. The van der Waals surface area contributed by atoms with E-state index in [4.69, 9.17) is 0 Å². The maximum absolute atomic E-state index is 12.7. The highest BCUT2D eigenvalue weighted by atomic mass is 32.2. The van der Waals surface area contributed by atoms with Crippen molar-refractivity contribution >= 4 is 27.7 Å². The van der Waals surface area contributed by atoms with Crippen LogP contribution in [0.2, 0.25) is 0 Å². The van der Waals surface area contributed by atoms with Gasteiger partial charge in [0, 0.05) is 18.0 Å². The number of nitrogens with zero attached hydrogens (tertiary/aromatic N) is 1. The van der Waals surface area contributed by atoms with Gasteiger partial charge in [-0.05, 0) is 54.8 Å². The van der Waals surface area contributed by atoms with Gasteiger partial charge in [0.2, 0.25) is 15.9 Å². The molecule has 0 aliphatic heterocycles. The molecule has 0 radical (unpaired) electrons. The van der Waals surface area contributed by atoms with Gasteiger partial charge in [-0.3, -0.25) is 4.79 Å². The highest BCUT2D eigenvalue weighted by Crippen LogP contribution is 2.28. The van der Waals surface area contributed by atoms with Crippen molar-refractivity contribution in [2.75, 3.05) is 19.8 Å². The maximum atomic E-state index is 12.7. The fourth-order valence-electron chi connectivity index (χ4n) is 3.36. The third-order valence-electron chi connectivity index (χ3n) is 4.91. The Morgan fingerprint density at radius 3 is 2.24 bits per heavy atom. The van der Waals surface area contributed by atoms with Gasteiger partial charge < -0.3 is 5.32 Å². The number of benzene rings is 2. The number of hydrogen-bond acceptors (Lipinski definition) is 4. The minimum absolute atomic E-state index is 0.0883. The second-order valence-corrected chi connectivity index (χ2v) is 10.8. The summed E-state index contributed by atoms with van der Waals surface area (Å²) in [4.78, 5) is 13.6. The molecule has 2 aromatic rings. The fraction of sp³-hybridized carbons (Fsp3) is 0.409. The molecule has 0 bridgehead atoms. The van der Waals surface area contributed by atoms with Crippen LogP contribution in [0.1, 0.15) is 32.8 Å². The summed E-state index contributed by atoms with van der Waals surface area (Å²) in [6, 6.07) is 16.7. The Hall–Kier alpha value is -1.83. The number of likely N-dealkylation sites (N-methyl/N-ethyl adjacent to an activating group) is 1. The molecule has 5 nitrogen and oxygen atoms in total. The third-order valence-corrected chi connectivity index (χ3v) is 7.47. The molecule has 0 spiro atoms. The van der Waals surface area contributed by atoms with Gasteiger partial charge in [0.05, 0.1) is 11.4 Å². The van der Waals surface area contributed by atoms with Gasteiger partial charge >= 0.3 is 0 Å². The molecule has 2 rings (SSSR count). The van der Waals surface area contributed by atoms with Crippen LogP contribution in [0.25, 0.3) is 0 Å². The smallest absolute Gasteiger partial charge is 0.243 e. The van der Waals surface area contributed by atoms with Crippen LogP contribution in [0.5, 0.6) is 0 Å². The third kappa shape index (κ3) is 6.32. The summed E-state index contributed by atoms with van der Waals surface area (Å²) in [6.45, 7) is 6.00. The molecule has 0 heterocycles. The van der Waals surface area contributed by atoms with Crippen LogP contribution in [-0.4, -0.2) is 44.5 Å². The van der Waals surface area contributed by atoms with E-state index in [1.54, 1.807) is 36.0 Å². The first-order valence-corrected chi connectivity index (χ1v) is 12.2. The zero-order chi connectivity index (χ0) is 21.7. The molecule has 0 aliphatic carbocycles. The van der Waals surface area contributed by atoms with Gasteiger partial charge in [0.25, 0.3) is 0 Å². The molecule has 1 amide bonds. The summed E-state index contributed by atoms with van der Waals surface area (Å²) in [5.74, 6) is -0.312. The molecule has 0 aromatic heterocycles. The summed E-state index contributed by atoms with van der Waals surface area (Å²) in [5, 5.41) is 2.93. The number of hydrogen-bond donors (Lipinski definition) is 1. The van der Waals surface area contributed by atoms with E-state index < -0.39 is 10.0 Å². The second kappa shape index (κ2) is 9.78. The molecule has 29 heavy (non-hydrogen) atoms. The van der Waals surface area contributed by atoms with E-state index >= 15 is 0 Å². The summed E-state index contributed by atoms with van der Waals surface area (Å²) in [5.41, 5.74) is 1.10. The van der Waals surface area contributed by atoms with Crippen LogP contribution in [0.3, 0.4) is 0 Å². The number of amides is 1. The van der Waals surface area contributed by atoms with E-state index in [-0.39, 0.29) is 28.8 Å². The minimum Gasteiger partial charge on any atom is -0.352 e. The Balaban J connectivity index is 1.96. The van der Waals surface area contributed by atoms with Crippen LogP contribution in [0.15, 0.2) is 64.4 Å². The van der Waals surface area contributed by atoms with Crippen LogP contribution in [0.4, 0.5) is 0 Å². The van der Waals surface area contributed by atoms with E-state index in [9.17, 15) is 13.2 Å². The Kier molecular flexibility index (Phi) is 7.91. The van der Waals surface area contributed by atoms with E-state index in [2.05, 4.69) is 31.3 Å². The lowest BCUT2D eigenvalue weighted by Gasteiger charge is -2.29. The SMILES string of the molecule is CSc1ccc(S(=O)(=O)N(C)CC(=O)N[C@H](C)CC(C)(C)c2ccccc2)cc1. The second-order valence-electron chi connectivity index (χ2n) is 7.86. The lowest BCUT2D eigenvalue weighted by molar-refractivity contribution is -0.121. The van der Waals surface area contributed by atoms with Gasteiger partial charge in [-0.2, -0.15) is 4.31 Å². The average molecular weight is 435 g/mol. The van der Waals surface area contributed by atoms with Crippen LogP contribution < -0.4 is 5.32 Å². The lowest BCUT2D eigenvalue weighted by atomic mass is 9.79. The highest BCUT2D eigenvalue weighted by Gasteiger charge is 2.26. The number of carbonyl (C=O) groups excluding carboxylic acids is 1. The first-order valence-electron chi connectivity index (χ1n) is 9.51. The van der Waals surface area contributed by atoms with Gasteiger partial charge in [0.15, 0.2) is 0 Å². The number of sulfonamides is 1. The molecule has 158 valence electrons. The summed E-state index contributed by atoms with van der Waals surface area (Å²) < 4.78 is 26.5. The summed E-state index contributed by atoms with van der Waals surface area (Å²) >= 11 is 1.54. The van der Waals surface area contributed by atoms with Crippen LogP contribution >= 0.6 is 11.8 Å². The van der Waals surface area contributed by atoms with Crippen molar-refractivity contribution in [1.29, 1.82) is 0 Å². The molecule has 1 N–H and O–H groups in total. The van der Waals surface area contributed by atoms with E-state index in [0.717, 1.165) is 15.6 Å². The predicted molar refractivity (Wildman–Crippen MR) is 120 cm³/mol. The Labute approximate surface area is 178 Å². The number of rotatable bonds is 9. The van der Waals surface area contributed by atoms with Crippen LogP contribution in [0, 0.1) is 0 Å². The number of nitrogens with one attached hydrogen (secondary N) is 1. The topological polar surface area (TPSA) is 66.5 Å². The highest BCUT2D eigenvalue weighted by molar-refractivity contribution is 7.98. The van der Waals surface area contributed by atoms with Crippen molar-refractivity contribution in [1.82, 2.24) is 9.62 Å². The van der Waals surface area contributed by atoms with Gasteiger partial charge in [-0.1, -0.05) is 44.2 Å². The molecular formula is C22H30N2O3S2. The van der Waals surface area contributed by atoms with Crippen molar-refractivity contribution in [2.24, 2.45) is 0 Å². The van der Waals surface area contributed by atoms with E-state index in [1.165, 1.54) is 12.6 Å². The fourth-order valence-corrected chi connectivity index (χ4v) is 4.89. The molecular weight excluding hydrogens is 404 g/mol. The van der Waals surface area contributed by atoms with E-state index in [0.29, 0.717) is 0 Å². The molecule has 0 unspecified atom stereocenters. The normalized spacial score (nSPS) is 13.3. The number of thioether (sulfide) groups is 1. The zero-order valence-electron chi connectivity index (χ0n) is 17.7. The zero-order valence-corrected chi connectivity index (χ0v) is 19.3. The first-order chi connectivity index (χ1) is 13.6. The number of carbonyl (C=O) groups is 1. The summed E-state index contributed by atoms with van der Waals surface area (Å²) in [7, 11) is -2.28. The molecule has 0 saturated carbocycles. The lowest BCUT2D eigenvalue weighted by Crippen LogP contribution is -2.43. The summed E-state index contributed by atoms with van der Waals surface area (Å²) in [6.07, 6.45) is 2.68. The molecule has 0 fully saturated rings. The average Bonchev–Trinajstić information content (AvgIpc) is 2.68. The quantitative estimate of drug-likeness (QED) is 0.608. The van der Waals surface area contributed by atoms with Crippen molar-refractivity contribution in [3.63, 3.8) is 0 Å². The predicted octanol–water partition coefficient (Wildman–Crippen LogP) is 3.90. The largest absolute Gasteiger partial charge is 0.352 e. The van der Waals surface area contributed by atoms with Crippen molar-refractivity contribution in [3.8, 4) is 0 Å². The Morgan fingerprint density at radius 2 is 1.69 bits per heavy atom. The molecule has 2 aromatic carbocycles. The van der Waals surface area contributed by atoms with Crippen molar-refractivity contribution in [3.05, 3.63) is 60.2 Å². The minimum atomic E-state index is -3.71. The van der Waals surface area contributed by atoms with Crippen LogP contribution in [-0.2, 0) is 20.2 Å². The van der Waals surface area contributed by atoms with Gasteiger partial charge in [-0.25, -0.2) is 8.42 Å². The first kappa shape index (κ1) is 23.4. The monoisotopic (exact) mass is 434 g/mol. The molecule has 0 aliphatic rings. The maximum Gasteiger partial charge on any atom is 0.243 e. The van der Waals surface area contributed by atoms with E-state index in [1.807, 2.05) is 31.4 Å². The Morgan fingerprint density at radius 1 is 1.10 bits per heavy atom. The van der Waals surface area contributed by atoms with Crippen molar-refractivity contribution in [2.45, 2.75) is 48.4 Å². The van der Waals surface area contributed by atoms with Gasteiger partial charge in [-0.15, -0.1) is 11.8 Å². The molecule has 7 heteroatoms. The van der Waals surface area contributed by atoms with Gasteiger partial charge in [0.1, 0.15) is 0 Å². The molecule has 1 atom stereocenters.